The summed E-state index contributed by atoms with van der Waals surface area (Å²) in [6, 6.07) is 0. The zero-order valence-electron chi connectivity index (χ0n) is 13.3. The minimum atomic E-state index is -0.146. The Morgan fingerprint density at radius 1 is 1.36 bits per heavy atom. The monoisotopic (exact) mass is 306 g/mol. The predicted octanol–water partition coefficient (Wildman–Crippen LogP) is 0.0494. The van der Waals surface area contributed by atoms with Crippen LogP contribution < -0.4 is 0 Å². The number of carbonyl (C=O) groups excluding carboxylic acids is 2. The maximum atomic E-state index is 12.7. The lowest BCUT2D eigenvalue weighted by Crippen LogP contribution is -2.41. The van der Waals surface area contributed by atoms with Crippen LogP contribution >= 0.6 is 0 Å². The van der Waals surface area contributed by atoms with E-state index in [0.29, 0.717) is 31.8 Å². The summed E-state index contributed by atoms with van der Waals surface area (Å²) in [5, 5.41) is 4.14. The second-order valence-electron chi connectivity index (χ2n) is 6.49. The standard InChI is InChI=1S/C15H22N4O3/c1-11-12(6-16-18(11)3)14(21)19-5-4-15(9-19)8-17(2)13(20)7-22-10-15/h6H,4-5,7-10H2,1-3H3. The number of rotatable bonds is 1. The van der Waals surface area contributed by atoms with Gasteiger partial charge in [-0.2, -0.15) is 5.10 Å². The Balaban J connectivity index is 1.75. The summed E-state index contributed by atoms with van der Waals surface area (Å²) in [5.74, 6) is 0.0189. The van der Waals surface area contributed by atoms with Crippen molar-refractivity contribution in [3.05, 3.63) is 17.5 Å². The number of likely N-dealkylation sites (tertiary alicyclic amines) is 1. The molecule has 0 bridgehead atoms. The SMILES string of the molecule is Cc1c(C(=O)N2CCC3(COCC(=O)N(C)C3)C2)cnn1C. The fraction of sp³-hybridized carbons (Fsp3) is 0.667. The van der Waals surface area contributed by atoms with Gasteiger partial charge < -0.3 is 14.5 Å². The first-order chi connectivity index (χ1) is 10.4. The van der Waals surface area contributed by atoms with Gasteiger partial charge in [0.15, 0.2) is 0 Å². The van der Waals surface area contributed by atoms with Crippen LogP contribution in [0.4, 0.5) is 0 Å². The van der Waals surface area contributed by atoms with Crippen molar-refractivity contribution < 1.29 is 14.3 Å². The van der Waals surface area contributed by atoms with Crippen molar-refractivity contribution in [2.75, 3.05) is 39.9 Å². The van der Waals surface area contributed by atoms with E-state index in [0.717, 1.165) is 12.1 Å². The third-order valence-corrected chi connectivity index (χ3v) is 4.82. The summed E-state index contributed by atoms with van der Waals surface area (Å²) in [4.78, 5) is 28.0. The third kappa shape index (κ3) is 2.49. The molecule has 1 aromatic rings. The fourth-order valence-corrected chi connectivity index (χ4v) is 3.34. The van der Waals surface area contributed by atoms with Crippen molar-refractivity contribution in [3.8, 4) is 0 Å². The molecule has 3 rings (SSSR count). The minimum absolute atomic E-state index is 0.00440. The molecule has 1 spiro atoms. The van der Waals surface area contributed by atoms with Crippen LogP contribution in [-0.2, 0) is 16.6 Å². The maximum Gasteiger partial charge on any atom is 0.257 e. The molecule has 0 aliphatic carbocycles. The second-order valence-corrected chi connectivity index (χ2v) is 6.49. The number of hydrogen-bond acceptors (Lipinski definition) is 4. The number of ether oxygens (including phenoxy) is 1. The number of likely N-dealkylation sites (N-methyl/N-ethyl adjacent to an activating group) is 1. The first kappa shape index (κ1) is 15.0. The zero-order valence-corrected chi connectivity index (χ0v) is 13.3. The molecule has 0 N–H and O–H groups in total. The van der Waals surface area contributed by atoms with E-state index in [2.05, 4.69) is 5.10 Å². The topological polar surface area (TPSA) is 67.7 Å². The lowest BCUT2D eigenvalue weighted by molar-refractivity contribution is -0.132. The normalized spacial score (nSPS) is 25.9. The quantitative estimate of drug-likeness (QED) is 0.735. The highest BCUT2D eigenvalue weighted by molar-refractivity contribution is 5.95. The molecule has 1 atom stereocenters. The summed E-state index contributed by atoms with van der Waals surface area (Å²) in [5.41, 5.74) is 1.38. The largest absolute Gasteiger partial charge is 0.371 e. The number of aromatic nitrogens is 2. The molecule has 7 heteroatoms. The molecule has 22 heavy (non-hydrogen) atoms. The van der Waals surface area contributed by atoms with Gasteiger partial charge >= 0.3 is 0 Å². The Bertz CT molecular complexity index is 612. The zero-order chi connectivity index (χ0) is 15.9. The van der Waals surface area contributed by atoms with Crippen molar-refractivity contribution in [2.24, 2.45) is 12.5 Å². The molecule has 2 fully saturated rings. The van der Waals surface area contributed by atoms with Gasteiger partial charge in [0.05, 0.1) is 18.4 Å². The fourth-order valence-electron chi connectivity index (χ4n) is 3.34. The summed E-state index contributed by atoms with van der Waals surface area (Å²) >= 11 is 0. The van der Waals surface area contributed by atoms with Crippen molar-refractivity contribution >= 4 is 11.8 Å². The summed E-state index contributed by atoms with van der Waals surface area (Å²) in [6.07, 6.45) is 2.48. The van der Waals surface area contributed by atoms with Gasteiger partial charge in [-0.1, -0.05) is 0 Å². The predicted molar refractivity (Wildman–Crippen MR) is 79.4 cm³/mol. The van der Waals surface area contributed by atoms with E-state index < -0.39 is 0 Å². The van der Waals surface area contributed by atoms with E-state index in [-0.39, 0.29) is 23.8 Å². The number of amides is 2. The molecule has 0 saturated carbocycles. The van der Waals surface area contributed by atoms with Gasteiger partial charge in [0.1, 0.15) is 6.61 Å². The van der Waals surface area contributed by atoms with Gasteiger partial charge in [0.25, 0.3) is 5.91 Å². The third-order valence-electron chi connectivity index (χ3n) is 4.82. The lowest BCUT2D eigenvalue weighted by atomic mass is 9.88. The molecule has 2 aliphatic rings. The average molecular weight is 306 g/mol. The van der Waals surface area contributed by atoms with Crippen LogP contribution in [0.5, 0.6) is 0 Å². The Kier molecular flexibility index (Phi) is 3.68. The van der Waals surface area contributed by atoms with E-state index in [1.54, 1.807) is 22.8 Å². The van der Waals surface area contributed by atoms with Gasteiger partial charge in [0, 0.05) is 44.8 Å². The number of hydrogen-bond donors (Lipinski definition) is 0. The van der Waals surface area contributed by atoms with E-state index in [9.17, 15) is 9.59 Å². The van der Waals surface area contributed by atoms with Crippen LogP contribution in [0.25, 0.3) is 0 Å². The molecule has 2 aliphatic heterocycles. The number of nitrogens with zero attached hydrogens (tertiary/aromatic N) is 4. The van der Waals surface area contributed by atoms with Crippen LogP contribution in [0.1, 0.15) is 22.5 Å². The first-order valence-corrected chi connectivity index (χ1v) is 7.51. The Hall–Kier alpha value is -1.89. The summed E-state index contributed by atoms with van der Waals surface area (Å²) < 4.78 is 7.24. The Morgan fingerprint density at radius 3 is 2.82 bits per heavy atom. The first-order valence-electron chi connectivity index (χ1n) is 7.51. The highest BCUT2D eigenvalue weighted by Gasteiger charge is 2.43. The molecule has 2 amide bonds. The van der Waals surface area contributed by atoms with E-state index in [1.165, 1.54) is 0 Å². The Morgan fingerprint density at radius 2 is 2.14 bits per heavy atom. The van der Waals surface area contributed by atoms with E-state index >= 15 is 0 Å². The van der Waals surface area contributed by atoms with Crippen molar-refractivity contribution in [1.29, 1.82) is 0 Å². The molecule has 120 valence electrons. The molecule has 1 aromatic heterocycles. The summed E-state index contributed by atoms with van der Waals surface area (Å²) in [7, 11) is 3.63. The maximum absolute atomic E-state index is 12.7. The summed E-state index contributed by atoms with van der Waals surface area (Å²) in [6.45, 7) is 4.51. The van der Waals surface area contributed by atoms with Gasteiger partial charge in [-0.3, -0.25) is 14.3 Å². The highest BCUT2D eigenvalue weighted by atomic mass is 16.5. The molecule has 2 saturated heterocycles. The smallest absolute Gasteiger partial charge is 0.257 e. The minimum Gasteiger partial charge on any atom is -0.371 e. The molecule has 0 aromatic carbocycles. The number of carbonyl (C=O) groups is 2. The molecular weight excluding hydrogens is 284 g/mol. The van der Waals surface area contributed by atoms with Crippen molar-refractivity contribution in [1.82, 2.24) is 19.6 Å². The molecule has 3 heterocycles. The Labute approximate surface area is 129 Å². The van der Waals surface area contributed by atoms with Crippen LogP contribution in [0.3, 0.4) is 0 Å². The van der Waals surface area contributed by atoms with Gasteiger partial charge in [0.2, 0.25) is 5.91 Å². The number of aryl methyl sites for hydroxylation is 1. The molecule has 0 radical (unpaired) electrons. The van der Waals surface area contributed by atoms with Crippen molar-refractivity contribution in [2.45, 2.75) is 13.3 Å². The van der Waals surface area contributed by atoms with Gasteiger partial charge in [-0.25, -0.2) is 0 Å². The molecule has 1 unspecified atom stereocenters. The van der Waals surface area contributed by atoms with E-state index in [1.807, 2.05) is 18.9 Å². The molecule has 7 nitrogen and oxygen atoms in total. The van der Waals surface area contributed by atoms with Crippen LogP contribution in [-0.4, -0.2) is 71.3 Å². The average Bonchev–Trinajstić information content (AvgIpc) is 3.00. The van der Waals surface area contributed by atoms with E-state index in [4.69, 9.17) is 4.74 Å². The highest BCUT2D eigenvalue weighted by Crippen LogP contribution is 2.34. The van der Waals surface area contributed by atoms with Gasteiger partial charge in [-0.05, 0) is 13.3 Å². The van der Waals surface area contributed by atoms with Crippen LogP contribution in [0.2, 0.25) is 0 Å². The van der Waals surface area contributed by atoms with Crippen molar-refractivity contribution in [3.63, 3.8) is 0 Å². The second kappa shape index (κ2) is 5.39. The van der Waals surface area contributed by atoms with Crippen LogP contribution in [0, 0.1) is 12.3 Å². The lowest BCUT2D eigenvalue weighted by Gasteiger charge is -2.29. The van der Waals surface area contributed by atoms with Crippen LogP contribution in [0.15, 0.2) is 6.20 Å². The van der Waals surface area contributed by atoms with Gasteiger partial charge in [-0.15, -0.1) is 0 Å². The molecular formula is C15H22N4O3.